The average molecular weight is 225 g/mol. The third kappa shape index (κ3) is 9.45. The summed E-state index contributed by atoms with van der Waals surface area (Å²) < 4.78 is 13.0. The second-order valence-corrected chi connectivity index (χ2v) is 3.69. The number of hydrogen-bond acceptors (Lipinski definition) is 2. The lowest BCUT2D eigenvalue weighted by atomic mass is 10.2. The number of rotatable bonds is 5. The molecular formula is C13H20FNO. The smallest absolute Gasteiger partial charge is 0.131 e. The summed E-state index contributed by atoms with van der Waals surface area (Å²) >= 11 is 0. The van der Waals surface area contributed by atoms with E-state index in [4.69, 9.17) is 0 Å². The van der Waals surface area contributed by atoms with Crippen LogP contribution >= 0.6 is 0 Å². The molecule has 0 saturated heterocycles. The third-order valence-electron chi connectivity index (χ3n) is 1.70. The largest absolute Gasteiger partial charge is 0.388 e. The molecule has 16 heavy (non-hydrogen) atoms. The highest BCUT2D eigenvalue weighted by Crippen LogP contribution is 1.99. The molecule has 0 spiro atoms. The number of nitrogens with one attached hydrogen (secondary N) is 1. The van der Waals surface area contributed by atoms with Gasteiger partial charge in [-0.15, -0.1) is 0 Å². The van der Waals surface area contributed by atoms with E-state index in [-0.39, 0.29) is 0 Å². The zero-order valence-electron chi connectivity index (χ0n) is 10.1. The molecule has 1 atom stereocenters. The van der Waals surface area contributed by atoms with Crippen LogP contribution in [0.1, 0.15) is 27.2 Å². The van der Waals surface area contributed by atoms with Gasteiger partial charge in [0.2, 0.25) is 0 Å². The summed E-state index contributed by atoms with van der Waals surface area (Å²) in [4.78, 5) is 0. The van der Waals surface area contributed by atoms with E-state index in [0.29, 0.717) is 19.0 Å². The molecule has 90 valence electrons. The molecular weight excluding hydrogens is 205 g/mol. The molecule has 3 heteroatoms. The predicted octanol–water partition coefficient (Wildman–Crippen LogP) is 2.17. The van der Waals surface area contributed by atoms with Gasteiger partial charge in [-0.1, -0.05) is 38.7 Å². The number of aliphatic hydroxyl groups excluding tert-OH is 1. The Kier molecular flexibility index (Phi) is 8.51. The fourth-order valence-electron chi connectivity index (χ4n) is 0.898. The van der Waals surface area contributed by atoms with Gasteiger partial charge in [-0.3, -0.25) is 0 Å². The van der Waals surface area contributed by atoms with Gasteiger partial charge in [-0.25, -0.2) is 4.39 Å². The standard InChI is InChI=1S/C13H20FNO/c1-4-5-6-7-12(14)8-9-13(16)10-15-11(2)3/h7-9,11,13,15-16H,4,10H2,1-3H3/b9-8+,12-7+. The lowest BCUT2D eigenvalue weighted by Crippen LogP contribution is -2.30. The molecule has 0 aliphatic heterocycles. The van der Waals surface area contributed by atoms with E-state index in [0.717, 1.165) is 0 Å². The van der Waals surface area contributed by atoms with Crippen molar-refractivity contribution in [1.29, 1.82) is 0 Å². The fourth-order valence-corrected chi connectivity index (χ4v) is 0.898. The van der Waals surface area contributed by atoms with Crippen molar-refractivity contribution in [2.75, 3.05) is 6.54 Å². The Labute approximate surface area is 97.2 Å². The summed E-state index contributed by atoms with van der Waals surface area (Å²) in [7, 11) is 0. The quantitative estimate of drug-likeness (QED) is 0.555. The van der Waals surface area contributed by atoms with E-state index >= 15 is 0 Å². The Bertz CT molecular complexity index is 297. The first-order valence-corrected chi connectivity index (χ1v) is 5.50. The number of aliphatic hydroxyl groups is 1. The van der Waals surface area contributed by atoms with Crippen molar-refractivity contribution in [1.82, 2.24) is 5.32 Å². The first-order valence-electron chi connectivity index (χ1n) is 5.50. The summed E-state index contributed by atoms with van der Waals surface area (Å²) in [5.41, 5.74) is 0. The van der Waals surface area contributed by atoms with Crippen LogP contribution in [0, 0.1) is 11.8 Å². The fraction of sp³-hybridized carbons (Fsp3) is 0.538. The van der Waals surface area contributed by atoms with Crippen LogP contribution in [-0.4, -0.2) is 23.8 Å². The maximum Gasteiger partial charge on any atom is 0.131 e. The molecule has 0 fully saturated rings. The maximum atomic E-state index is 13.0. The second kappa shape index (κ2) is 9.14. The minimum absolute atomic E-state index is 0.304. The van der Waals surface area contributed by atoms with Crippen LogP contribution < -0.4 is 5.32 Å². The Morgan fingerprint density at radius 3 is 2.75 bits per heavy atom. The van der Waals surface area contributed by atoms with Crippen LogP contribution in [-0.2, 0) is 0 Å². The molecule has 1 unspecified atom stereocenters. The molecule has 0 heterocycles. The van der Waals surface area contributed by atoms with Gasteiger partial charge >= 0.3 is 0 Å². The first-order chi connectivity index (χ1) is 7.56. The van der Waals surface area contributed by atoms with E-state index in [1.54, 1.807) is 0 Å². The summed E-state index contributed by atoms with van der Waals surface area (Å²) in [6.07, 6.45) is 3.86. The highest BCUT2D eigenvalue weighted by atomic mass is 19.1. The van der Waals surface area contributed by atoms with Crippen LogP contribution in [0.3, 0.4) is 0 Å². The molecule has 0 radical (unpaired) electrons. The minimum Gasteiger partial charge on any atom is -0.388 e. The molecule has 0 rings (SSSR count). The first kappa shape index (κ1) is 14.9. The molecule has 2 nitrogen and oxygen atoms in total. The van der Waals surface area contributed by atoms with E-state index in [1.165, 1.54) is 18.2 Å². The molecule has 0 aliphatic carbocycles. The summed E-state index contributed by atoms with van der Waals surface area (Å²) in [5, 5.41) is 12.5. The van der Waals surface area contributed by atoms with Crippen molar-refractivity contribution in [3.8, 4) is 11.8 Å². The Hall–Kier alpha value is -1.11. The van der Waals surface area contributed by atoms with Gasteiger partial charge < -0.3 is 10.4 Å². The van der Waals surface area contributed by atoms with Crippen molar-refractivity contribution in [2.45, 2.75) is 39.3 Å². The van der Waals surface area contributed by atoms with Crippen LogP contribution in [0.25, 0.3) is 0 Å². The van der Waals surface area contributed by atoms with E-state index in [2.05, 4.69) is 17.2 Å². The van der Waals surface area contributed by atoms with Gasteiger partial charge in [0.15, 0.2) is 0 Å². The van der Waals surface area contributed by atoms with Gasteiger partial charge in [-0.2, -0.15) is 0 Å². The average Bonchev–Trinajstić information content (AvgIpc) is 2.24. The van der Waals surface area contributed by atoms with E-state index < -0.39 is 11.9 Å². The predicted molar refractivity (Wildman–Crippen MR) is 65.5 cm³/mol. The molecule has 0 aromatic heterocycles. The molecule has 0 aromatic rings. The highest BCUT2D eigenvalue weighted by molar-refractivity contribution is 5.24. The zero-order valence-corrected chi connectivity index (χ0v) is 10.1. The van der Waals surface area contributed by atoms with Crippen molar-refractivity contribution in [3.63, 3.8) is 0 Å². The maximum absolute atomic E-state index is 13.0. The van der Waals surface area contributed by atoms with Crippen LogP contribution in [0.5, 0.6) is 0 Å². The third-order valence-corrected chi connectivity index (χ3v) is 1.70. The van der Waals surface area contributed by atoms with Crippen molar-refractivity contribution in [3.05, 3.63) is 24.1 Å². The van der Waals surface area contributed by atoms with E-state index in [9.17, 15) is 9.50 Å². The molecule has 0 saturated carbocycles. The SMILES string of the molecule is CCC#C/C=C(F)\C=C\C(O)CNC(C)C. The highest BCUT2D eigenvalue weighted by Gasteiger charge is 1.99. The molecule has 0 aliphatic rings. The Morgan fingerprint density at radius 2 is 2.19 bits per heavy atom. The lowest BCUT2D eigenvalue weighted by molar-refractivity contribution is 0.215. The van der Waals surface area contributed by atoms with Crippen LogP contribution in [0.2, 0.25) is 0 Å². The van der Waals surface area contributed by atoms with Gasteiger partial charge in [0.05, 0.1) is 6.10 Å². The van der Waals surface area contributed by atoms with Crippen molar-refractivity contribution in [2.24, 2.45) is 0 Å². The second-order valence-electron chi connectivity index (χ2n) is 3.69. The number of hydrogen-bond donors (Lipinski definition) is 2. The van der Waals surface area contributed by atoms with E-state index in [1.807, 2.05) is 20.8 Å². The lowest BCUT2D eigenvalue weighted by Gasteiger charge is -2.10. The molecule has 0 aromatic carbocycles. The summed E-state index contributed by atoms with van der Waals surface area (Å²) in [6.45, 7) is 6.28. The summed E-state index contributed by atoms with van der Waals surface area (Å²) in [5.74, 6) is 4.86. The molecule has 0 amide bonds. The monoisotopic (exact) mass is 225 g/mol. The number of halogens is 1. The van der Waals surface area contributed by atoms with Crippen LogP contribution in [0.4, 0.5) is 4.39 Å². The van der Waals surface area contributed by atoms with Gasteiger partial charge in [0.1, 0.15) is 5.83 Å². The van der Waals surface area contributed by atoms with Gasteiger partial charge in [0, 0.05) is 25.1 Å². The van der Waals surface area contributed by atoms with Gasteiger partial charge in [-0.05, 0) is 6.08 Å². The van der Waals surface area contributed by atoms with Crippen molar-refractivity contribution < 1.29 is 9.50 Å². The van der Waals surface area contributed by atoms with Crippen LogP contribution in [0.15, 0.2) is 24.1 Å². The minimum atomic E-state index is -0.680. The van der Waals surface area contributed by atoms with Crippen molar-refractivity contribution >= 4 is 0 Å². The zero-order chi connectivity index (χ0) is 12.4. The summed E-state index contributed by atoms with van der Waals surface area (Å²) in [6, 6.07) is 0.304. The Balaban J connectivity index is 4.01. The molecule has 0 bridgehead atoms. The Morgan fingerprint density at radius 1 is 1.50 bits per heavy atom. The number of allylic oxidation sites excluding steroid dienone is 3. The molecule has 2 N–H and O–H groups in total. The topological polar surface area (TPSA) is 32.3 Å². The normalized spacial score (nSPS) is 14.0. The van der Waals surface area contributed by atoms with Gasteiger partial charge in [0.25, 0.3) is 0 Å².